The largest absolute Gasteiger partial charge is 0.491 e. The van der Waals surface area contributed by atoms with Crippen LogP contribution >= 0.6 is 24.0 Å². The van der Waals surface area contributed by atoms with Crippen LogP contribution in [0.1, 0.15) is 24.2 Å². The quantitative estimate of drug-likeness (QED) is 0.875. The molecule has 4 nitrogen and oxygen atoms in total. The highest BCUT2D eigenvalue weighted by atomic mass is 35.5. The van der Waals surface area contributed by atoms with Gasteiger partial charge in [-0.25, -0.2) is 0 Å². The van der Waals surface area contributed by atoms with Gasteiger partial charge in [-0.05, 0) is 32.0 Å². The van der Waals surface area contributed by atoms with Gasteiger partial charge in [0.05, 0.1) is 5.02 Å². The average Bonchev–Trinajstić information content (AvgIpc) is 2.26. The van der Waals surface area contributed by atoms with Crippen LogP contribution in [0.4, 0.5) is 0 Å². The Balaban J connectivity index is 0.00000289. The minimum absolute atomic E-state index is 0. The molecule has 0 saturated carbocycles. The maximum atomic E-state index is 11.7. The lowest BCUT2D eigenvalue weighted by Crippen LogP contribution is -2.30. The molecule has 0 bridgehead atoms. The number of nitrogens with two attached hydrogens (primary N) is 1. The molecule has 102 valence electrons. The summed E-state index contributed by atoms with van der Waals surface area (Å²) in [6.45, 7) is 4.62. The van der Waals surface area contributed by atoms with E-state index in [1.807, 2.05) is 13.8 Å². The molecule has 1 aromatic rings. The SMILES string of the molecule is CC(C)NC(=O)c1ccc(OCCN)c(Cl)c1.Cl. The van der Waals surface area contributed by atoms with Gasteiger partial charge in [-0.2, -0.15) is 0 Å². The Bertz CT molecular complexity index is 398. The minimum Gasteiger partial charge on any atom is -0.491 e. The molecule has 6 heteroatoms. The van der Waals surface area contributed by atoms with E-state index in [1.165, 1.54) is 0 Å². The van der Waals surface area contributed by atoms with Crippen LogP contribution < -0.4 is 15.8 Å². The number of nitrogens with one attached hydrogen (secondary N) is 1. The number of carbonyl (C=O) groups is 1. The van der Waals surface area contributed by atoms with Crippen LogP contribution in [0.2, 0.25) is 5.02 Å². The van der Waals surface area contributed by atoms with Gasteiger partial charge in [0.1, 0.15) is 12.4 Å². The second kappa shape index (κ2) is 8.19. The third kappa shape index (κ3) is 5.12. The monoisotopic (exact) mass is 292 g/mol. The van der Waals surface area contributed by atoms with Crippen LogP contribution in [-0.4, -0.2) is 25.1 Å². The summed E-state index contributed by atoms with van der Waals surface area (Å²) in [5.41, 5.74) is 5.84. The molecular formula is C12H18Cl2N2O2. The Morgan fingerprint density at radius 2 is 2.17 bits per heavy atom. The molecule has 0 atom stereocenters. The van der Waals surface area contributed by atoms with Crippen LogP contribution in [0, 0.1) is 0 Å². The predicted octanol–water partition coefficient (Wildman–Crippen LogP) is 2.24. The number of ether oxygens (including phenoxy) is 1. The smallest absolute Gasteiger partial charge is 0.251 e. The summed E-state index contributed by atoms with van der Waals surface area (Å²) in [5, 5.41) is 3.20. The molecule has 0 aromatic heterocycles. The van der Waals surface area contributed by atoms with E-state index in [0.29, 0.717) is 29.5 Å². The number of benzene rings is 1. The fourth-order valence-electron chi connectivity index (χ4n) is 1.27. The molecule has 0 aliphatic heterocycles. The van der Waals surface area contributed by atoms with Crippen molar-refractivity contribution in [2.45, 2.75) is 19.9 Å². The summed E-state index contributed by atoms with van der Waals surface area (Å²) in [6, 6.07) is 5.03. The van der Waals surface area contributed by atoms with E-state index in [4.69, 9.17) is 22.1 Å². The van der Waals surface area contributed by atoms with E-state index in [2.05, 4.69) is 5.32 Å². The van der Waals surface area contributed by atoms with Crippen molar-refractivity contribution in [2.24, 2.45) is 5.73 Å². The normalized spacial score (nSPS) is 9.83. The highest BCUT2D eigenvalue weighted by Crippen LogP contribution is 2.25. The van der Waals surface area contributed by atoms with Crippen LogP contribution in [-0.2, 0) is 0 Å². The van der Waals surface area contributed by atoms with Gasteiger partial charge in [-0.3, -0.25) is 4.79 Å². The molecule has 0 heterocycles. The first-order valence-electron chi connectivity index (χ1n) is 5.48. The Kier molecular flexibility index (Phi) is 7.75. The summed E-state index contributed by atoms with van der Waals surface area (Å²) in [5.74, 6) is 0.394. The van der Waals surface area contributed by atoms with E-state index in [1.54, 1.807) is 18.2 Å². The van der Waals surface area contributed by atoms with Crippen LogP contribution in [0.3, 0.4) is 0 Å². The molecule has 0 aliphatic rings. The first-order valence-corrected chi connectivity index (χ1v) is 5.85. The Morgan fingerprint density at radius 1 is 1.50 bits per heavy atom. The zero-order valence-corrected chi connectivity index (χ0v) is 12.0. The first-order chi connectivity index (χ1) is 8.04. The molecule has 0 saturated heterocycles. The molecule has 3 N–H and O–H groups in total. The lowest BCUT2D eigenvalue weighted by Gasteiger charge is -2.10. The number of hydrogen-bond acceptors (Lipinski definition) is 3. The van der Waals surface area contributed by atoms with Crippen LogP contribution in [0.25, 0.3) is 0 Å². The maximum Gasteiger partial charge on any atom is 0.251 e. The van der Waals surface area contributed by atoms with Gasteiger partial charge in [0, 0.05) is 18.2 Å². The number of amides is 1. The summed E-state index contributed by atoms with van der Waals surface area (Å²) in [6.07, 6.45) is 0. The number of hydrogen-bond donors (Lipinski definition) is 2. The third-order valence-electron chi connectivity index (χ3n) is 1.99. The predicted molar refractivity (Wildman–Crippen MR) is 75.9 cm³/mol. The second-order valence-corrected chi connectivity index (χ2v) is 4.32. The molecule has 0 radical (unpaired) electrons. The lowest BCUT2D eigenvalue weighted by atomic mass is 10.2. The molecule has 1 amide bonds. The molecule has 0 spiro atoms. The molecule has 1 aromatic carbocycles. The zero-order valence-electron chi connectivity index (χ0n) is 10.4. The summed E-state index contributed by atoms with van der Waals surface area (Å²) < 4.78 is 5.31. The van der Waals surface area contributed by atoms with Gasteiger partial charge in [0.25, 0.3) is 5.91 Å². The molecule has 18 heavy (non-hydrogen) atoms. The third-order valence-corrected chi connectivity index (χ3v) is 2.28. The van der Waals surface area contributed by atoms with Gasteiger partial charge in [-0.1, -0.05) is 11.6 Å². The van der Waals surface area contributed by atoms with Gasteiger partial charge < -0.3 is 15.8 Å². The van der Waals surface area contributed by atoms with Crippen molar-refractivity contribution in [3.8, 4) is 5.75 Å². The summed E-state index contributed by atoms with van der Waals surface area (Å²) in [7, 11) is 0. The minimum atomic E-state index is -0.146. The van der Waals surface area contributed by atoms with E-state index >= 15 is 0 Å². The highest BCUT2D eigenvalue weighted by Gasteiger charge is 2.10. The van der Waals surface area contributed by atoms with Crippen molar-refractivity contribution in [1.29, 1.82) is 0 Å². The highest BCUT2D eigenvalue weighted by molar-refractivity contribution is 6.32. The molecule has 0 aliphatic carbocycles. The van der Waals surface area contributed by atoms with Crippen molar-refractivity contribution in [3.63, 3.8) is 0 Å². The zero-order chi connectivity index (χ0) is 12.8. The standard InChI is InChI=1S/C12H17ClN2O2.ClH/c1-8(2)15-12(16)9-3-4-11(10(13)7-9)17-6-5-14;/h3-4,7-8H,5-6,14H2,1-2H3,(H,15,16);1H. The van der Waals surface area contributed by atoms with Crippen molar-refractivity contribution < 1.29 is 9.53 Å². The fourth-order valence-corrected chi connectivity index (χ4v) is 1.51. The second-order valence-electron chi connectivity index (χ2n) is 3.91. The van der Waals surface area contributed by atoms with Gasteiger partial charge >= 0.3 is 0 Å². The fraction of sp³-hybridized carbons (Fsp3) is 0.417. The number of carbonyl (C=O) groups excluding carboxylic acids is 1. The Labute approximate surface area is 118 Å². The maximum absolute atomic E-state index is 11.7. The van der Waals surface area contributed by atoms with Gasteiger partial charge in [0.2, 0.25) is 0 Å². The molecule has 0 unspecified atom stereocenters. The van der Waals surface area contributed by atoms with Crippen LogP contribution in [0.15, 0.2) is 18.2 Å². The van der Waals surface area contributed by atoms with Crippen molar-refractivity contribution in [3.05, 3.63) is 28.8 Å². The topological polar surface area (TPSA) is 64.3 Å². The summed E-state index contributed by atoms with van der Waals surface area (Å²) in [4.78, 5) is 11.7. The van der Waals surface area contributed by atoms with E-state index in [-0.39, 0.29) is 24.4 Å². The van der Waals surface area contributed by atoms with Crippen molar-refractivity contribution in [2.75, 3.05) is 13.2 Å². The molecular weight excluding hydrogens is 275 g/mol. The Morgan fingerprint density at radius 3 is 2.67 bits per heavy atom. The summed E-state index contributed by atoms with van der Waals surface area (Å²) >= 11 is 6.00. The molecule has 1 rings (SSSR count). The van der Waals surface area contributed by atoms with Crippen LogP contribution in [0.5, 0.6) is 5.75 Å². The number of halogens is 2. The number of rotatable bonds is 5. The van der Waals surface area contributed by atoms with Gasteiger partial charge in [0.15, 0.2) is 0 Å². The molecule has 0 fully saturated rings. The van der Waals surface area contributed by atoms with Crippen molar-refractivity contribution in [1.82, 2.24) is 5.32 Å². The van der Waals surface area contributed by atoms with E-state index < -0.39 is 0 Å². The lowest BCUT2D eigenvalue weighted by molar-refractivity contribution is 0.0943. The Hall–Kier alpha value is -0.970. The first kappa shape index (κ1) is 17.0. The van der Waals surface area contributed by atoms with Crippen molar-refractivity contribution >= 4 is 29.9 Å². The van der Waals surface area contributed by atoms with E-state index in [0.717, 1.165) is 0 Å². The average molecular weight is 293 g/mol. The van der Waals surface area contributed by atoms with Gasteiger partial charge in [-0.15, -0.1) is 12.4 Å². The van der Waals surface area contributed by atoms with E-state index in [9.17, 15) is 4.79 Å².